The van der Waals surface area contributed by atoms with Crippen LogP contribution in [0.2, 0.25) is 0 Å². The fraction of sp³-hybridized carbons (Fsp3) is 0.133. The number of para-hydroxylation sites is 2. The topological polar surface area (TPSA) is 81.7 Å². The van der Waals surface area contributed by atoms with Crippen LogP contribution in [0.4, 0.5) is 18.9 Å². The highest BCUT2D eigenvalue weighted by Gasteiger charge is 2.32. The molecule has 0 saturated heterocycles. The molecule has 2 aromatic carbocycles. The lowest BCUT2D eigenvalue weighted by Gasteiger charge is -2.14. The van der Waals surface area contributed by atoms with Gasteiger partial charge in [0.05, 0.1) is 23.3 Å². The van der Waals surface area contributed by atoms with Gasteiger partial charge in [0.1, 0.15) is 0 Å². The third-order valence-corrected chi connectivity index (χ3v) is 4.32. The van der Waals surface area contributed by atoms with Crippen molar-refractivity contribution < 1.29 is 35.9 Å². The average Bonchev–Trinajstić information content (AvgIpc) is 2.54. The van der Waals surface area contributed by atoms with Crippen molar-refractivity contribution in [3.63, 3.8) is 0 Å². The summed E-state index contributed by atoms with van der Waals surface area (Å²) in [5, 5.41) is 0. The number of benzene rings is 2. The second kappa shape index (κ2) is 7.01. The minimum absolute atomic E-state index is 0.127. The summed E-state index contributed by atoms with van der Waals surface area (Å²) in [6.07, 6.45) is -4.97. The predicted octanol–water partition coefficient (Wildman–Crippen LogP) is 3.17. The van der Waals surface area contributed by atoms with Crippen LogP contribution in [-0.2, 0) is 14.8 Å². The van der Waals surface area contributed by atoms with Crippen molar-refractivity contribution in [2.45, 2.75) is 11.3 Å². The average molecular weight is 375 g/mol. The third kappa shape index (κ3) is 4.86. The van der Waals surface area contributed by atoms with Crippen LogP contribution in [0.25, 0.3) is 0 Å². The van der Waals surface area contributed by atoms with E-state index < -0.39 is 28.1 Å². The van der Waals surface area contributed by atoms with Crippen molar-refractivity contribution in [1.82, 2.24) is 0 Å². The van der Waals surface area contributed by atoms with E-state index in [4.69, 9.17) is 0 Å². The number of ether oxygens (including phenoxy) is 2. The summed E-state index contributed by atoms with van der Waals surface area (Å²) in [5.74, 6) is -1.34. The predicted molar refractivity (Wildman–Crippen MR) is 81.7 cm³/mol. The molecule has 0 saturated carbocycles. The standard InChI is InChI=1S/C15H12F3NO5S/c1-23-14(20)10-6-8-11(9-7-10)25(21,22)19-12-4-2-3-5-13(12)24-15(16,17)18/h2-9,19H,1H3. The first-order valence-electron chi connectivity index (χ1n) is 6.68. The zero-order valence-electron chi connectivity index (χ0n) is 12.7. The molecule has 0 heterocycles. The second-order valence-electron chi connectivity index (χ2n) is 4.67. The SMILES string of the molecule is COC(=O)c1ccc(S(=O)(=O)Nc2ccccc2OC(F)(F)F)cc1. The van der Waals surface area contributed by atoms with Gasteiger partial charge in [0.15, 0.2) is 5.75 Å². The van der Waals surface area contributed by atoms with Gasteiger partial charge in [-0.1, -0.05) is 12.1 Å². The molecule has 0 radical (unpaired) electrons. The maximum absolute atomic E-state index is 12.4. The largest absolute Gasteiger partial charge is 0.573 e. The Kier molecular flexibility index (Phi) is 5.21. The van der Waals surface area contributed by atoms with Crippen molar-refractivity contribution >= 4 is 21.7 Å². The fourth-order valence-corrected chi connectivity index (χ4v) is 2.93. The molecule has 0 amide bonds. The summed E-state index contributed by atoms with van der Waals surface area (Å²) in [5.41, 5.74) is -0.251. The van der Waals surface area contributed by atoms with Gasteiger partial charge < -0.3 is 9.47 Å². The molecular formula is C15H12F3NO5S. The molecule has 1 N–H and O–H groups in total. The number of carbonyl (C=O) groups is 1. The van der Waals surface area contributed by atoms with Crippen LogP contribution >= 0.6 is 0 Å². The van der Waals surface area contributed by atoms with Crippen molar-refractivity contribution in [2.24, 2.45) is 0 Å². The second-order valence-corrected chi connectivity index (χ2v) is 6.35. The molecule has 0 bridgehead atoms. The van der Waals surface area contributed by atoms with Gasteiger partial charge in [-0.15, -0.1) is 13.2 Å². The highest BCUT2D eigenvalue weighted by atomic mass is 32.2. The fourth-order valence-electron chi connectivity index (χ4n) is 1.86. The van der Waals surface area contributed by atoms with Crippen molar-refractivity contribution in [2.75, 3.05) is 11.8 Å². The van der Waals surface area contributed by atoms with Gasteiger partial charge in [0.25, 0.3) is 10.0 Å². The van der Waals surface area contributed by atoms with E-state index in [0.717, 1.165) is 24.3 Å². The Balaban J connectivity index is 2.29. The van der Waals surface area contributed by atoms with Crippen LogP contribution in [0.3, 0.4) is 0 Å². The smallest absolute Gasteiger partial charge is 0.465 e. The van der Waals surface area contributed by atoms with E-state index in [1.807, 2.05) is 4.72 Å². The third-order valence-electron chi connectivity index (χ3n) is 2.94. The molecule has 0 spiro atoms. The summed E-state index contributed by atoms with van der Waals surface area (Å²) in [6.45, 7) is 0. The molecule has 0 unspecified atom stereocenters. The van der Waals surface area contributed by atoms with E-state index in [2.05, 4.69) is 9.47 Å². The lowest BCUT2D eigenvalue weighted by atomic mass is 10.2. The van der Waals surface area contributed by atoms with Gasteiger partial charge in [-0.2, -0.15) is 0 Å². The van der Waals surface area contributed by atoms with Crippen molar-refractivity contribution in [1.29, 1.82) is 0 Å². The molecule has 2 aromatic rings. The number of halogens is 3. The van der Waals surface area contributed by atoms with Gasteiger partial charge in [0, 0.05) is 0 Å². The zero-order chi connectivity index (χ0) is 18.7. The minimum atomic E-state index is -4.97. The van der Waals surface area contributed by atoms with Crippen LogP contribution in [-0.4, -0.2) is 27.9 Å². The van der Waals surface area contributed by atoms with Crippen molar-refractivity contribution in [3.8, 4) is 5.75 Å². The summed E-state index contributed by atoms with van der Waals surface area (Å²) in [6, 6.07) is 9.42. The summed E-state index contributed by atoms with van der Waals surface area (Å²) in [7, 11) is -3.02. The van der Waals surface area contributed by atoms with E-state index >= 15 is 0 Å². The van der Waals surface area contributed by atoms with E-state index in [-0.39, 0.29) is 16.1 Å². The number of sulfonamides is 1. The van der Waals surface area contributed by atoms with Crippen LogP contribution in [0.5, 0.6) is 5.75 Å². The molecular weight excluding hydrogens is 363 g/mol. The van der Waals surface area contributed by atoms with E-state index in [9.17, 15) is 26.4 Å². The molecule has 10 heteroatoms. The Labute approximate surface area is 141 Å². The first-order chi connectivity index (χ1) is 11.6. The lowest BCUT2D eigenvalue weighted by molar-refractivity contribution is -0.274. The van der Waals surface area contributed by atoms with Crippen LogP contribution in [0.15, 0.2) is 53.4 Å². The maximum Gasteiger partial charge on any atom is 0.573 e. The Hall–Kier alpha value is -2.75. The van der Waals surface area contributed by atoms with Gasteiger partial charge in [-0.3, -0.25) is 4.72 Å². The Morgan fingerprint density at radius 2 is 1.64 bits per heavy atom. The monoisotopic (exact) mass is 375 g/mol. The van der Waals surface area contributed by atoms with Crippen molar-refractivity contribution in [3.05, 3.63) is 54.1 Å². The number of hydrogen-bond donors (Lipinski definition) is 1. The first kappa shape index (κ1) is 18.6. The number of anilines is 1. The maximum atomic E-state index is 12.4. The number of nitrogens with one attached hydrogen (secondary N) is 1. The summed E-state index contributed by atoms with van der Waals surface area (Å²) < 4.78 is 72.1. The minimum Gasteiger partial charge on any atom is -0.465 e. The zero-order valence-corrected chi connectivity index (χ0v) is 13.5. The van der Waals surface area contributed by atoms with E-state index in [1.165, 1.54) is 31.4 Å². The molecule has 6 nitrogen and oxygen atoms in total. The number of carbonyl (C=O) groups excluding carboxylic acids is 1. The Morgan fingerprint density at radius 3 is 2.20 bits per heavy atom. The van der Waals surface area contributed by atoms with Crippen LogP contribution in [0.1, 0.15) is 10.4 Å². The highest BCUT2D eigenvalue weighted by Crippen LogP contribution is 2.31. The molecule has 0 aliphatic heterocycles. The van der Waals surface area contributed by atoms with Gasteiger partial charge >= 0.3 is 12.3 Å². The van der Waals surface area contributed by atoms with Gasteiger partial charge in [-0.05, 0) is 36.4 Å². The highest BCUT2D eigenvalue weighted by molar-refractivity contribution is 7.92. The molecule has 134 valence electrons. The van der Waals surface area contributed by atoms with E-state index in [1.54, 1.807) is 0 Å². The molecule has 0 atom stereocenters. The number of hydrogen-bond acceptors (Lipinski definition) is 5. The molecule has 2 rings (SSSR count). The Morgan fingerprint density at radius 1 is 1.04 bits per heavy atom. The molecule has 25 heavy (non-hydrogen) atoms. The molecule has 0 fully saturated rings. The molecule has 0 aliphatic rings. The summed E-state index contributed by atoms with van der Waals surface area (Å²) >= 11 is 0. The number of rotatable bonds is 5. The van der Waals surface area contributed by atoms with E-state index in [0.29, 0.717) is 0 Å². The summed E-state index contributed by atoms with van der Waals surface area (Å²) in [4.78, 5) is 11.1. The Bertz CT molecular complexity index is 863. The quantitative estimate of drug-likeness (QED) is 0.812. The van der Waals surface area contributed by atoms with Gasteiger partial charge in [-0.25, -0.2) is 13.2 Å². The number of esters is 1. The molecule has 0 aromatic heterocycles. The normalized spacial score (nSPS) is 11.7. The first-order valence-corrected chi connectivity index (χ1v) is 8.17. The lowest BCUT2D eigenvalue weighted by Crippen LogP contribution is -2.19. The van der Waals surface area contributed by atoms with Crippen LogP contribution in [0, 0.1) is 0 Å². The number of alkyl halides is 3. The number of methoxy groups -OCH3 is 1. The molecule has 0 aliphatic carbocycles. The van der Waals surface area contributed by atoms with Gasteiger partial charge in [0.2, 0.25) is 0 Å². The van der Waals surface area contributed by atoms with Crippen LogP contribution < -0.4 is 9.46 Å².